The fraction of sp³-hybridized carbons (Fsp3) is 0.200. The summed E-state index contributed by atoms with van der Waals surface area (Å²) in [6, 6.07) is 9.78. The van der Waals surface area contributed by atoms with Gasteiger partial charge in [-0.25, -0.2) is 4.39 Å². The molecule has 0 bridgehead atoms. The van der Waals surface area contributed by atoms with Crippen molar-refractivity contribution < 1.29 is 9.13 Å². The first-order valence-corrected chi connectivity index (χ1v) is 7.26. The van der Waals surface area contributed by atoms with Crippen molar-refractivity contribution in [3.63, 3.8) is 0 Å². The van der Waals surface area contributed by atoms with Crippen LogP contribution in [0.15, 0.2) is 40.9 Å². The van der Waals surface area contributed by atoms with E-state index in [1.807, 2.05) is 25.1 Å². The summed E-state index contributed by atoms with van der Waals surface area (Å²) in [6.07, 6.45) is 0. The highest BCUT2D eigenvalue weighted by atomic mass is 79.9. The molecule has 106 valence electrons. The number of hydrogen-bond donors (Lipinski definition) is 1. The molecule has 0 spiro atoms. The maximum absolute atomic E-state index is 13.6. The summed E-state index contributed by atoms with van der Waals surface area (Å²) in [4.78, 5) is 0. The number of hydrogen-bond acceptors (Lipinski definition) is 2. The summed E-state index contributed by atoms with van der Waals surface area (Å²) in [5, 5.41) is 0.480. The molecule has 0 radical (unpaired) electrons. The quantitative estimate of drug-likeness (QED) is 0.848. The fourth-order valence-corrected chi connectivity index (χ4v) is 2.39. The van der Waals surface area contributed by atoms with Gasteiger partial charge in [-0.15, -0.1) is 0 Å². The highest BCUT2D eigenvalue weighted by Gasteiger charge is 2.10. The Hall–Kier alpha value is -1.10. The van der Waals surface area contributed by atoms with Crippen molar-refractivity contribution in [1.82, 2.24) is 0 Å². The SMILES string of the molecule is C[C@H](N)c1cc(Br)ccc1OCc1cc(Cl)ccc1F. The van der Waals surface area contributed by atoms with Gasteiger partial charge in [-0.2, -0.15) is 0 Å². The fourth-order valence-electron chi connectivity index (χ4n) is 1.82. The van der Waals surface area contributed by atoms with Crippen molar-refractivity contribution in [3.8, 4) is 5.75 Å². The van der Waals surface area contributed by atoms with Gasteiger partial charge in [0.1, 0.15) is 18.2 Å². The van der Waals surface area contributed by atoms with Crippen LogP contribution in [0.1, 0.15) is 24.1 Å². The summed E-state index contributed by atoms with van der Waals surface area (Å²) >= 11 is 9.25. The van der Waals surface area contributed by atoms with Gasteiger partial charge in [0.15, 0.2) is 0 Å². The molecule has 0 saturated carbocycles. The van der Waals surface area contributed by atoms with Gasteiger partial charge in [0.05, 0.1) is 0 Å². The van der Waals surface area contributed by atoms with E-state index in [1.165, 1.54) is 12.1 Å². The lowest BCUT2D eigenvalue weighted by molar-refractivity contribution is 0.295. The first-order valence-electron chi connectivity index (χ1n) is 6.09. The number of benzene rings is 2. The molecule has 1 atom stereocenters. The molecule has 0 aliphatic rings. The van der Waals surface area contributed by atoms with Crippen molar-refractivity contribution in [2.24, 2.45) is 5.73 Å². The molecule has 0 aliphatic carbocycles. The minimum Gasteiger partial charge on any atom is -0.488 e. The molecule has 0 amide bonds. The first-order chi connectivity index (χ1) is 9.47. The Bertz CT molecular complexity index is 619. The van der Waals surface area contributed by atoms with E-state index in [1.54, 1.807) is 6.07 Å². The maximum atomic E-state index is 13.6. The van der Waals surface area contributed by atoms with Crippen LogP contribution in [0.4, 0.5) is 4.39 Å². The first kappa shape index (κ1) is 15.3. The van der Waals surface area contributed by atoms with Gasteiger partial charge in [0.2, 0.25) is 0 Å². The van der Waals surface area contributed by atoms with Crippen LogP contribution in [-0.2, 0) is 6.61 Å². The molecule has 2 aromatic carbocycles. The lowest BCUT2D eigenvalue weighted by Gasteiger charge is -2.15. The molecule has 5 heteroatoms. The van der Waals surface area contributed by atoms with Crippen LogP contribution in [0, 0.1) is 5.82 Å². The Morgan fingerprint density at radius 1 is 1.30 bits per heavy atom. The van der Waals surface area contributed by atoms with Gasteiger partial charge < -0.3 is 10.5 Å². The Labute approximate surface area is 130 Å². The van der Waals surface area contributed by atoms with E-state index in [4.69, 9.17) is 22.1 Å². The van der Waals surface area contributed by atoms with E-state index in [0.717, 1.165) is 10.0 Å². The van der Waals surface area contributed by atoms with Crippen molar-refractivity contribution in [2.45, 2.75) is 19.6 Å². The van der Waals surface area contributed by atoms with Crippen LogP contribution in [0.3, 0.4) is 0 Å². The van der Waals surface area contributed by atoms with Gasteiger partial charge in [-0.3, -0.25) is 0 Å². The zero-order valence-electron chi connectivity index (χ0n) is 10.9. The van der Waals surface area contributed by atoms with Crippen LogP contribution in [0.5, 0.6) is 5.75 Å². The average molecular weight is 359 g/mol. The number of ether oxygens (including phenoxy) is 1. The number of halogens is 3. The normalized spacial score (nSPS) is 12.2. The third-order valence-electron chi connectivity index (χ3n) is 2.85. The minimum atomic E-state index is -0.339. The minimum absolute atomic E-state index is 0.105. The van der Waals surface area contributed by atoms with E-state index in [0.29, 0.717) is 16.3 Å². The van der Waals surface area contributed by atoms with Crippen LogP contribution < -0.4 is 10.5 Å². The molecule has 0 saturated heterocycles. The molecule has 2 aromatic rings. The molecule has 0 fully saturated rings. The van der Waals surface area contributed by atoms with E-state index in [-0.39, 0.29) is 18.5 Å². The molecule has 0 aliphatic heterocycles. The topological polar surface area (TPSA) is 35.2 Å². The van der Waals surface area contributed by atoms with E-state index >= 15 is 0 Å². The third kappa shape index (κ3) is 3.72. The monoisotopic (exact) mass is 357 g/mol. The van der Waals surface area contributed by atoms with Crippen LogP contribution >= 0.6 is 27.5 Å². The molecule has 0 aromatic heterocycles. The molecule has 2 rings (SSSR count). The van der Waals surface area contributed by atoms with E-state index in [2.05, 4.69) is 15.9 Å². The van der Waals surface area contributed by atoms with Crippen molar-refractivity contribution in [3.05, 3.63) is 62.8 Å². The van der Waals surface area contributed by atoms with E-state index < -0.39 is 0 Å². The summed E-state index contributed by atoms with van der Waals surface area (Å²) in [6.45, 7) is 1.97. The van der Waals surface area contributed by atoms with Crippen molar-refractivity contribution >= 4 is 27.5 Å². The predicted octanol–water partition coefficient (Wildman–Crippen LogP) is 4.84. The molecule has 20 heavy (non-hydrogen) atoms. The largest absolute Gasteiger partial charge is 0.488 e. The molecule has 0 heterocycles. The molecule has 0 unspecified atom stereocenters. The smallest absolute Gasteiger partial charge is 0.129 e. The van der Waals surface area contributed by atoms with Crippen molar-refractivity contribution in [1.29, 1.82) is 0 Å². The lowest BCUT2D eigenvalue weighted by atomic mass is 10.1. The van der Waals surface area contributed by atoms with Crippen LogP contribution in [-0.4, -0.2) is 0 Å². The standard InChI is InChI=1S/C15H14BrClFNO/c1-9(19)13-7-11(16)2-5-15(13)20-8-10-6-12(17)3-4-14(10)18/h2-7,9H,8,19H2,1H3/t9-/m0/s1. The average Bonchev–Trinajstić information content (AvgIpc) is 2.40. The molecular formula is C15H14BrClFNO. The van der Waals surface area contributed by atoms with Gasteiger partial charge in [-0.1, -0.05) is 27.5 Å². The lowest BCUT2D eigenvalue weighted by Crippen LogP contribution is -2.08. The third-order valence-corrected chi connectivity index (χ3v) is 3.58. The molecular weight excluding hydrogens is 345 g/mol. The van der Waals surface area contributed by atoms with Gasteiger partial charge in [0, 0.05) is 26.7 Å². The zero-order valence-corrected chi connectivity index (χ0v) is 13.2. The summed E-state index contributed by atoms with van der Waals surface area (Å²) in [7, 11) is 0. The van der Waals surface area contributed by atoms with Gasteiger partial charge >= 0.3 is 0 Å². The zero-order chi connectivity index (χ0) is 14.7. The maximum Gasteiger partial charge on any atom is 0.129 e. The second-order valence-corrected chi connectivity index (χ2v) is 5.85. The second-order valence-electron chi connectivity index (χ2n) is 4.50. The Morgan fingerprint density at radius 2 is 2.05 bits per heavy atom. The van der Waals surface area contributed by atoms with Crippen LogP contribution in [0.25, 0.3) is 0 Å². The number of nitrogens with two attached hydrogens (primary N) is 1. The van der Waals surface area contributed by atoms with E-state index in [9.17, 15) is 4.39 Å². The van der Waals surface area contributed by atoms with Gasteiger partial charge in [0.25, 0.3) is 0 Å². The Balaban J connectivity index is 2.20. The summed E-state index contributed by atoms with van der Waals surface area (Å²) in [5.74, 6) is 0.302. The van der Waals surface area contributed by atoms with Crippen molar-refractivity contribution in [2.75, 3.05) is 0 Å². The summed E-state index contributed by atoms with van der Waals surface area (Å²) in [5.41, 5.74) is 7.19. The summed E-state index contributed by atoms with van der Waals surface area (Å²) < 4.78 is 20.2. The second kappa shape index (κ2) is 6.57. The highest BCUT2D eigenvalue weighted by molar-refractivity contribution is 9.10. The predicted molar refractivity (Wildman–Crippen MR) is 82.5 cm³/mol. The molecule has 2 nitrogen and oxygen atoms in total. The Morgan fingerprint density at radius 3 is 2.75 bits per heavy atom. The molecule has 2 N–H and O–H groups in total. The van der Waals surface area contributed by atoms with Gasteiger partial charge in [-0.05, 0) is 43.3 Å². The highest BCUT2D eigenvalue weighted by Crippen LogP contribution is 2.28. The number of rotatable bonds is 4. The Kier molecular flexibility index (Phi) is 5.02. The van der Waals surface area contributed by atoms with Crippen LogP contribution in [0.2, 0.25) is 5.02 Å².